The first-order valence-electron chi connectivity index (χ1n) is 6.10. The van der Waals surface area contributed by atoms with Crippen LogP contribution in [0.4, 0.5) is 0 Å². The van der Waals surface area contributed by atoms with Gasteiger partial charge in [-0.1, -0.05) is 27.5 Å². The summed E-state index contributed by atoms with van der Waals surface area (Å²) >= 11 is 9.56. The fraction of sp³-hybridized carbons (Fsp3) is 0.286. The molecular formula is C14H15BrClN3O. The van der Waals surface area contributed by atoms with E-state index in [9.17, 15) is 0 Å². The van der Waals surface area contributed by atoms with Gasteiger partial charge in [0.2, 0.25) is 5.88 Å². The largest absolute Gasteiger partial charge is 0.481 e. The van der Waals surface area contributed by atoms with Crippen LogP contribution in [0.1, 0.15) is 17.3 Å². The highest BCUT2D eigenvalue weighted by molar-refractivity contribution is 9.10. The highest BCUT2D eigenvalue weighted by Gasteiger charge is 2.13. The van der Waals surface area contributed by atoms with Crippen LogP contribution in [0, 0.1) is 0 Å². The van der Waals surface area contributed by atoms with E-state index in [1.54, 1.807) is 7.11 Å². The summed E-state index contributed by atoms with van der Waals surface area (Å²) in [6.45, 7) is 0. The first kappa shape index (κ1) is 15.2. The van der Waals surface area contributed by atoms with Gasteiger partial charge < -0.3 is 10.1 Å². The molecule has 1 N–H and O–H groups in total. The van der Waals surface area contributed by atoms with Gasteiger partial charge in [0, 0.05) is 33.7 Å². The molecule has 0 saturated carbocycles. The van der Waals surface area contributed by atoms with Crippen LogP contribution in [-0.2, 0) is 6.42 Å². The number of nitrogens with zero attached hydrogens (tertiary/aromatic N) is 2. The molecule has 0 spiro atoms. The van der Waals surface area contributed by atoms with Crippen molar-refractivity contribution < 1.29 is 4.74 Å². The summed E-state index contributed by atoms with van der Waals surface area (Å²) in [6, 6.07) is 7.82. The van der Waals surface area contributed by atoms with Crippen molar-refractivity contribution in [2.75, 3.05) is 14.2 Å². The lowest BCUT2D eigenvalue weighted by atomic mass is 10.0. The number of rotatable bonds is 5. The van der Waals surface area contributed by atoms with Crippen LogP contribution < -0.4 is 10.1 Å². The third-order valence-corrected chi connectivity index (χ3v) is 3.63. The first-order valence-corrected chi connectivity index (χ1v) is 7.27. The SMILES string of the molecule is CNC(Cc1cc(OC)ncn1)c1cc(Cl)cc(Br)c1. The molecule has 0 radical (unpaired) electrons. The minimum atomic E-state index is 0.115. The van der Waals surface area contributed by atoms with E-state index in [2.05, 4.69) is 31.2 Å². The fourth-order valence-electron chi connectivity index (χ4n) is 1.97. The fourth-order valence-corrected chi connectivity index (χ4v) is 2.86. The van der Waals surface area contributed by atoms with Crippen LogP contribution >= 0.6 is 27.5 Å². The predicted octanol–water partition coefficient (Wildman–Crippen LogP) is 3.40. The van der Waals surface area contributed by atoms with E-state index in [0.29, 0.717) is 10.9 Å². The van der Waals surface area contributed by atoms with E-state index >= 15 is 0 Å². The van der Waals surface area contributed by atoms with E-state index in [4.69, 9.17) is 16.3 Å². The van der Waals surface area contributed by atoms with Crippen LogP contribution in [0.25, 0.3) is 0 Å². The van der Waals surface area contributed by atoms with Gasteiger partial charge in [-0.05, 0) is 30.8 Å². The maximum atomic E-state index is 6.10. The Morgan fingerprint density at radius 3 is 2.75 bits per heavy atom. The third kappa shape index (κ3) is 3.91. The average molecular weight is 357 g/mol. The summed E-state index contributed by atoms with van der Waals surface area (Å²) in [6.07, 6.45) is 2.23. The van der Waals surface area contributed by atoms with Gasteiger partial charge in [0.05, 0.1) is 7.11 Å². The Labute approximate surface area is 131 Å². The Kier molecular flexibility index (Phi) is 5.34. The Morgan fingerprint density at radius 2 is 2.10 bits per heavy atom. The molecule has 2 aromatic rings. The molecule has 2 rings (SSSR count). The predicted molar refractivity (Wildman–Crippen MR) is 83.2 cm³/mol. The zero-order valence-electron chi connectivity index (χ0n) is 11.2. The molecule has 0 aliphatic carbocycles. The minimum Gasteiger partial charge on any atom is -0.481 e. The third-order valence-electron chi connectivity index (χ3n) is 2.96. The molecule has 0 amide bonds. The quantitative estimate of drug-likeness (QED) is 0.892. The zero-order valence-corrected chi connectivity index (χ0v) is 13.6. The number of hydrogen-bond donors (Lipinski definition) is 1. The van der Waals surface area contributed by atoms with E-state index in [-0.39, 0.29) is 6.04 Å². The molecule has 0 saturated heterocycles. The van der Waals surface area contributed by atoms with E-state index in [1.807, 2.05) is 31.3 Å². The molecule has 1 aromatic carbocycles. The molecule has 6 heteroatoms. The molecule has 20 heavy (non-hydrogen) atoms. The monoisotopic (exact) mass is 355 g/mol. The van der Waals surface area contributed by atoms with Crippen molar-refractivity contribution in [1.82, 2.24) is 15.3 Å². The Hall–Kier alpha value is -1.17. The summed E-state index contributed by atoms with van der Waals surface area (Å²) in [4.78, 5) is 8.28. The highest BCUT2D eigenvalue weighted by Crippen LogP contribution is 2.25. The number of halogens is 2. The van der Waals surface area contributed by atoms with Crippen LogP contribution in [-0.4, -0.2) is 24.1 Å². The maximum absolute atomic E-state index is 6.10. The number of methoxy groups -OCH3 is 1. The second kappa shape index (κ2) is 7.02. The van der Waals surface area contributed by atoms with Gasteiger partial charge in [0.1, 0.15) is 6.33 Å². The topological polar surface area (TPSA) is 47.0 Å². The Balaban J connectivity index is 2.23. The van der Waals surface area contributed by atoms with Crippen molar-refractivity contribution in [3.63, 3.8) is 0 Å². The molecule has 106 valence electrons. The molecule has 1 unspecified atom stereocenters. The van der Waals surface area contributed by atoms with Crippen molar-refractivity contribution in [3.8, 4) is 5.88 Å². The molecule has 1 heterocycles. The zero-order chi connectivity index (χ0) is 14.5. The number of benzene rings is 1. The van der Waals surface area contributed by atoms with Crippen molar-refractivity contribution in [2.45, 2.75) is 12.5 Å². The molecule has 4 nitrogen and oxygen atoms in total. The minimum absolute atomic E-state index is 0.115. The Bertz CT molecular complexity index is 574. The van der Waals surface area contributed by atoms with Crippen LogP contribution in [0.2, 0.25) is 5.02 Å². The standard InChI is InChI=1S/C14H15BrClN3O/c1-17-13(9-3-10(15)5-11(16)4-9)6-12-7-14(20-2)19-8-18-12/h3-5,7-8,13,17H,6H2,1-2H3. The number of hydrogen-bond acceptors (Lipinski definition) is 4. The Morgan fingerprint density at radius 1 is 1.30 bits per heavy atom. The van der Waals surface area contributed by atoms with Gasteiger partial charge in [-0.15, -0.1) is 0 Å². The highest BCUT2D eigenvalue weighted by atomic mass is 79.9. The van der Waals surface area contributed by atoms with Crippen LogP contribution in [0.3, 0.4) is 0 Å². The lowest BCUT2D eigenvalue weighted by molar-refractivity contribution is 0.395. The number of likely N-dealkylation sites (N-methyl/N-ethyl adjacent to an activating group) is 1. The lowest BCUT2D eigenvalue weighted by Gasteiger charge is -2.17. The van der Waals surface area contributed by atoms with Crippen LogP contribution in [0.15, 0.2) is 35.1 Å². The molecule has 1 aromatic heterocycles. The first-order chi connectivity index (χ1) is 9.62. The van der Waals surface area contributed by atoms with E-state index in [1.165, 1.54) is 6.33 Å². The second-order valence-electron chi connectivity index (χ2n) is 4.30. The van der Waals surface area contributed by atoms with Gasteiger partial charge in [-0.2, -0.15) is 0 Å². The van der Waals surface area contributed by atoms with Crippen LogP contribution in [0.5, 0.6) is 5.88 Å². The van der Waals surface area contributed by atoms with Gasteiger partial charge in [-0.25, -0.2) is 9.97 Å². The summed E-state index contributed by atoms with van der Waals surface area (Å²) in [5.41, 5.74) is 2.01. The molecule has 0 fully saturated rings. The smallest absolute Gasteiger partial charge is 0.216 e. The summed E-state index contributed by atoms with van der Waals surface area (Å²) in [5, 5.41) is 3.98. The normalized spacial score (nSPS) is 12.2. The number of nitrogens with one attached hydrogen (secondary N) is 1. The average Bonchev–Trinajstić information content (AvgIpc) is 2.44. The van der Waals surface area contributed by atoms with Crippen molar-refractivity contribution in [1.29, 1.82) is 0 Å². The lowest BCUT2D eigenvalue weighted by Crippen LogP contribution is -2.19. The van der Waals surface area contributed by atoms with Gasteiger partial charge in [0.15, 0.2) is 0 Å². The molecule has 1 atom stereocenters. The maximum Gasteiger partial charge on any atom is 0.216 e. The number of ether oxygens (including phenoxy) is 1. The van der Waals surface area contributed by atoms with E-state index in [0.717, 1.165) is 22.2 Å². The summed E-state index contributed by atoms with van der Waals surface area (Å²) in [5.74, 6) is 0.567. The molecule has 0 aliphatic heterocycles. The molecule has 0 aliphatic rings. The summed E-state index contributed by atoms with van der Waals surface area (Å²) < 4.78 is 6.07. The number of aromatic nitrogens is 2. The second-order valence-corrected chi connectivity index (χ2v) is 5.65. The van der Waals surface area contributed by atoms with Crippen molar-refractivity contribution in [3.05, 3.63) is 51.3 Å². The summed E-state index contributed by atoms with van der Waals surface area (Å²) in [7, 11) is 3.51. The van der Waals surface area contributed by atoms with Gasteiger partial charge in [0.25, 0.3) is 0 Å². The van der Waals surface area contributed by atoms with Gasteiger partial charge in [-0.3, -0.25) is 0 Å². The van der Waals surface area contributed by atoms with E-state index < -0.39 is 0 Å². The molecule has 0 bridgehead atoms. The molecular weight excluding hydrogens is 342 g/mol. The van der Waals surface area contributed by atoms with Crippen molar-refractivity contribution in [2.24, 2.45) is 0 Å². The van der Waals surface area contributed by atoms with Crippen molar-refractivity contribution >= 4 is 27.5 Å². The van der Waals surface area contributed by atoms with Gasteiger partial charge >= 0.3 is 0 Å².